The summed E-state index contributed by atoms with van der Waals surface area (Å²) in [7, 11) is 0. The lowest BCUT2D eigenvalue weighted by molar-refractivity contribution is 0.0949. The Morgan fingerprint density at radius 1 is 1.24 bits per heavy atom. The van der Waals surface area contributed by atoms with Gasteiger partial charge in [0.15, 0.2) is 10.5 Å². The second-order valence-corrected chi connectivity index (χ2v) is 6.25. The van der Waals surface area contributed by atoms with Gasteiger partial charge in [-0.3, -0.25) is 14.7 Å². The van der Waals surface area contributed by atoms with Gasteiger partial charge >= 0.3 is 0 Å². The molecule has 0 saturated carbocycles. The molecule has 3 N–H and O–H groups in total. The monoisotopic (exact) mass is 358 g/mol. The summed E-state index contributed by atoms with van der Waals surface area (Å²) < 4.78 is 2.47. The molecule has 3 rings (SSSR count). The van der Waals surface area contributed by atoms with Gasteiger partial charge < -0.3 is 9.88 Å². The number of hydrogen-bond acceptors (Lipinski definition) is 5. The van der Waals surface area contributed by atoms with Crippen LogP contribution in [-0.2, 0) is 6.42 Å². The van der Waals surface area contributed by atoms with Gasteiger partial charge in [0.25, 0.3) is 11.5 Å². The third-order valence-electron chi connectivity index (χ3n) is 3.84. The zero-order valence-electron chi connectivity index (χ0n) is 13.9. The van der Waals surface area contributed by atoms with E-state index in [9.17, 15) is 9.59 Å². The first-order valence-corrected chi connectivity index (χ1v) is 8.31. The van der Waals surface area contributed by atoms with E-state index in [0.29, 0.717) is 28.5 Å². The van der Waals surface area contributed by atoms with Crippen molar-refractivity contribution < 1.29 is 4.79 Å². The van der Waals surface area contributed by atoms with E-state index in [1.165, 1.54) is 0 Å². The highest BCUT2D eigenvalue weighted by molar-refractivity contribution is 7.71. The van der Waals surface area contributed by atoms with E-state index >= 15 is 0 Å². The Balaban J connectivity index is 1.75. The van der Waals surface area contributed by atoms with Gasteiger partial charge in [-0.2, -0.15) is 10.2 Å². The van der Waals surface area contributed by atoms with Crippen LogP contribution in [0.1, 0.15) is 36.2 Å². The van der Waals surface area contributed by atoms with Crippen LogP contribution in [0.25, 0.3) is 10.8 Å². The van der Waals surface area contributed by atoms with Crippen LogP contribution in [-0.4, -0.2) is 37.4 Å². The average Bonchev–Trinajstić information content (AvgIpc) is 2.96. The Morgan fingerprint density at radius 2 is 1.96 bits per heavy atom. The van der Waals surface area contributed by atoms with Crippen molar-refractivity contribution in [3.05, 3.63) is 50.9 Å². The summed E-state index contributed by atoms with van der Waals surface area (Å²) in [5.74, 6) is 0.428. The maximum Gasteiger partial charge on any atom is 0.272 e. The summed E-state index contributed by atoms with van der Waals surface area (Å²) in [6.45, 7) is 4.41. The van der Waals surface area contributed by atoms with E-state index in [1.807, 2.05) is 18.4 Å². The van der Waals surface area contributed by atoms with Crippen LogP contribution >= 0.6 is 12.2 Å². The second-order valence-electron chi connectivity index (χ2n) is 5.86. The van der Waals surface area contributed by atoms with Gasteiger partial charge in [-0.05, 0) is 32.1 Å². The summed E-state index contributed by atoms with van der Waals surface area (Å²) in [4.78, 5) is 24.2. The zero-order chi connectivity index (χ0) is 18.0. The lowest BCUT2D eigenvalue weighted by Gasteiger charge is -2.11. The fourth-order valence-corrected chi connectivity index (χ4v) is 3.07. The van der Waals surface area contributed by atoms with E-state index < -0.39 is 0 Å². The minimum absolute atomic E-state index is 0.182. The van der Waals surface area contributed by atoms with Crippen molar-refractivity contribution in [2.75, 3.05) is 6.54 Å². The van der Waals surface area contributed by atoms with Crippen molar-refractivity contribution in [3.8, 4) is 0 Å². The van der Waals surface area contributed by atoms with E-state index in [-0.39, 0.29) is 23.2 Å². The third kappa shape index (κ3) is 3.36. The molecule has 0 aliphatic rings. The van der Waals surface area contributed by atoms with Crippen LogP contribution in [0, 0.1) is 4.77 Å². The Morgan fingerprint density at radius 3 is 2.68 bits per heavy atom. The number of rotatable bonds is 5. The summed E-state index contributed by atoms with van der Waals surface area (Å²) >= 11 is 5.21. The van der Waals surface area contributed by atoms with Crippen molar-refractivity contribution >= 4 is 28.9 Å². The summed E-state index contributed by atoms with van der Waals surface area (Å²) in [6, 6.07) is 7.06. The number of hydrogen-bond donors (Lipinski definition) is 3. The number of carbonyl (C=O) groups is 1. The normalized spacial score (nSPS) is 11.2. The molecule has 0 saturated heterocycles. The van der Waals surface area contributed by atoms with Crippen LogP contribution < -0.4 is 10.9 Å². The SMILES string of the molecule is CC(C)n1c(CCNC(=O)c2n[nH]c(=O)c3ccccc23)n[nH]c1=S. The molecule has 0 unspecified atom stereocenters. The van der Waals surface area contributed by atoms with E-state index in [1.54, 1.807) is 24.3 Å². The van der Waals surface area contributed by atoms with Gasteiger partial charge in [-0.1, -0.05) is 18.2 Å². The maximum atomic E-state index is 12.4. The van der Waals surface area contributed by atoms with Gasteiger partial charge in [-0.15, -0.1) is 0 Å². The fraction of sp³-hybridized carbons (Fsp3) is 0.312. The van der Waals surface area contributed by atoms with E-state index in [0.717, 1.165) is 5.82 Å². The number of H-pyrrole nitrogens is 2. The standard InChI is InChI=1S/C16H18N6O2S/c1-9(2)22-12(18-21-16(22)25)7-8-17-15(24)13-10-5-3-4-6-11(10)14(23)20-19-13/h3-6,9H,7-8H2,1-2H3,(H,17,24)(H,20,23)(H,21,25). The fourth-order valence-electron chi connectivity index (χ4n) is 2.71. The molecule has 1 amide bonds. The number of amides is 1. The lowest BCUT2D eigenvalue weighted by atomic mass is 10.1. The highest BCUT2D eigenvalue weighted by Crippen LogP contribution is 2.12. The van der Waals surface area contributed by atoms with Gasteiger partial charge in [0.2, 0.25) is 0 Å². The molecule has 0 fully saturated rings. The van der Waals surface area contributed by atoms with Gasteiger partial charge in [0.1, 0.15) is 5.82 Å². The molecule has 2 aromatic heterocycles. The molecule has 0 aliphatic heterocycles. The predicted octanol–water partition coefficient (Wildman–Crippen LogP) is 1.73. The molecule has 0 radical (unpaired) electrons. The number of fused-ring (bicyclic) bond motifs is 1. The van der Waals surface area contributed by atoms with Crippen molar-refractivity contribution in [3.63, 3.8) is 0 Å². The molecule has 0 spiro atoms. The molecular formula is C16H18N6O2S. The number of nitrogens with zero attached hydrogens (tertiary/aromatic N) is 3. The molecular weight excluding hydrogens is 340 g/mol. The summed E-state index contributed by atoms with van der Waals surface area (Å²) in [5, 5.41) is 17.0. The summed E-state index contributed by atoms with van der Waals surface area (Å²) in [6.07, 6.45) is 0.526. The first-order chi connectivity index (χ1) is 12.0. The molecule has 0 atom stereocenters. The van der Waals surface area contributed by atoms with Crippen molar-refractivity contribution in [2.24, 2.45) is 0 Å². The molecule has 25 heavy (non-hydrogen) atoms. The second kappa shape index (κ2) is 6.98. The Kier molecular flexibility index (Phi) is 4.75. The number of aromatic nitrogens is 5. The Hall–Kier alpha value is -2.81. The minimum atomic E-state index is -0.349. The first kappa shape index (κ1) is 17.0. The molecule has 2 heterocycles. The molecule has 0 bridgehead atoms. The van der Waals surface area contributed by atoms with Crippen molar-refractivity contribution in [1.82, 2.24) is 30.3 Å². The largest absolute Gasteiger partial charge is 0.350 e. The number of carbonyl (C=O) groups excluding carboxylic acids is 1. The molecule has 1 aromatic carbocycles. The zero-order valence-corrected chi connectivity index (χ0v) is 14.7. The van der Waals surface area contributed by atoms with Crippen molar-refractivity contribution in [2.45, 2.75) is 26.3 Å². The van der Waals surface area contributed by atoms with Crippen LogP contribution in [0.4, 0.5) is 0 Å². The first-order valence-electron chi connectivity index (χ1n) is 7.90. The molecule has 0 aliphatic carbocycles. The van der Waals surface area contributed by atoms with Crippen molar-refractivity contribution in [1.29, 1.82) is 0 Å². The van der Waals surface area contributed by atoms with E-state index in [4.69, 9.17) is 12.2 Å². The minimum Gasteiger partial charge on any atom is -0.350 e. The summed E-state index contributed by atoms with van der Waals surface area (Å²) in [5.41, 5.74) is -0.127. The molecule has 9 heteroatoms. The molecule has 3 aromatic rings. The third-order valence-corrected chi connectivity index (χ3v) is 4.13. The Labute approximate surface area is 148 Å². The predicted molar refractivity (Wildman–Crippen MR) is 96.2 cm³/mol. The van der Waals surface area contributed by atoms with Crippen LogP contribution in [0.3, 0.4) is 0 Å². The van der Waals surface area contributed by atoms with Gasteiger partial charge in [0, 0.05) is 24.4 Å². The molecule has 8 nitrogen and oxygen atoms in total. The Bertz CT molecular complexity index is 1030. The maximum absolute atomic E-state index is 12.4. The number of aromatic amines is 2. The average molecular weight is 358 g/mol. The highest BCUT2D eigenvalue weighted by atomic mass is 32.1. The van der Waals surface area contributed by atoms with E-state index in [2.05, 4.69) is 25.7 Å². The quantitative estimate of drug-likeness (QED) is 0.602. The lowest BCUT2D eigenvalue weighted by Crippen LogP contribution is -2.29. The number of nitrogens with one attached hydrogen (secondary N) is 3. The van der Waals surface area contributed by atoms with Crippen LogP contribution in [0.5, 0.6) is 0 Å². The van der Waals surface area contributed by atoms with Gasteiger partial charge in [0.05, 0.1) is 5.39 Å². The highest BCUT2D eigenvalue weighted by Gasteiger charge is 2.14. The molecule has 130 valence electrons. The van der Waals surface area contributed by atoms with Crippen LogP contribution in [0.2, 0.25) is 0 Å². The van der Waals surface area contributed by atoms with Crippen LogP contribution in [0.15, 0.2) is 29.1 Å². The topological polar surface area (TPSA) is 108 Å². The van der Waals surface area contributed by atoms with Gasteiger partial charge in [-0.25, -0.2) is 5.10 Å². The smallest absolute Gasteiger partial charge is 0.272 e. The number of benzene rings is 1.